The first kappa shape index (κ1) is 13.9. The molecule has 0 spiro atoms. The fraction of sp³-hybridized carbons (Fsp3) is 0.389. The molecule has 0 radical (unpaired) electrons. The van der Waals surface area contributed by atoms with Gasteiger partial charge in [0.2, 0.25) is 0 Å². The molecule has 21 heavy (non-hydrogen) atoms. The van der Waals surface area contributed by atoms with Gasteiger partial charge in [-0.2, -0.15) is 0 Å². The third-order valence-corrected chi connectivity index (χ3v) is 4.75. The number of likely N-dealkylation sites (tertiary alicyclic amines) is 1. The number of fused-ring (bicyclic) bond motifs is 1. The van der Waals surface area contributed by atoms with Crippen molar-refractivity contribution in [2.75, 3.05) is 13.1 Å². The third kappa shape index (κ3) is 2.48. The summed E-state index contributed by atoms with van der Waals surface area (Å²) in [4.78, 5) is 14.6. The molecule has 2 aromatic rings. The minimum Gasteiger partial charge on any atom is -0.506 e. The minimum atomic E-state index is -0.0583. The molecule has 0 aliphatic carbocycles. The largest absolute Gasteiger partial charge is 0.506 e. The number of rotatable bonds is 1. The Hall–Kier alpha value is -2.03. The summed E-state index contributed by atoms with van der Waals surface area (Å²) >= 11 is 0. The molecular weight excluding hydrogens is 262 g/mol. The van der Waals surface area contributed by atoms with Crippen molar-refractivity contribution in [2.24, 2.45) is 11.8 Å². The van der Waals surface area contributed by atoms with Crippen LogP contribution in [-0.2, 0) is 0 Å². The van der Waals surface area contributed by atoms with Gasteiger partial charge in [0.15, 0.2) is 0 Å². The summed E-state index contributed by atoms with van der Waals surface area (Å²) in [5.74, 6) is 1.20. The summed E-state index contributed by atoms with van der Waals surface area (Å²) in [7, 11) is 0. The molecule has 0 bridgehead atoms. The van der Waals surface area contributed by atoms with E-state index in [1.807, 2.05) is 35.2 Å². The molecule has 3 nitrogen and oxygen atoms in total. The zero-order chi connectivity index (χ0) is 15.0. The molecular formula is C18H21NO2. The van der Waals surface area contributed by atoms with E-state index >= 15 is 0 Å². The molecule has 0 aromatic heterocycles. The highest BCUT2D eigenvalue weighted by Crippen LogP contribution is 2.31. The van der Waals surface area contributed by atoms with Crippen LogP contribution in [0.1, 0.15) is 30.6 Å². The van der Waals surface area contributed by atoms with Crippen LogP contribution in [0.25, 0.3) is 10.8 Å². The molecule has 2 atom stereocenters. The molecule has 3 rings (SSSR count). The van der Waals surface area contributed by atoms with E-state index in [0.29, 0.717) is 17.4 Å². The normalized spacial score (nSPS) is 22.5. The van der Waals surface area contributed by atoms with Crippen LogP contribution in [0.5, 0.6) is 5.75 Å². The van der Waals surface area contributed by atoms with Crippen molar-refractivity contribution in [3.63, 3.8) is 0 Å². The lowest BCUT2D eigenvalue weighted by Crippen LogP contribution is -2.42. The molecule has 2 aromatic carbocycles. The van der Waals surface area contributed by atoms with Gasteiger partial charge in [0.25, 0.3) is 5.91 Å². The predicted octanol–water partition coefficient (Wildman–Crippen LogP) is 3.66. The maximum atomic E-state index is 12.7. The van der Waals surface area contributed by atoms with Gasteiger partial charge in [-0.3, -0.25) is 4.79 Å². The summed E-state index contributed by atoms with van der Waals surface area (Å²) < 4.78 is 0. The lowest BCUT2D eigenvalue weighted by molar-refractivity contribution is 0.0625. The first-order valence-electron chi connectivity index (χ1n) is 7.58. The SMILES string of the molecule is CC1CCN(C(=O)c2ccc3ccccc3c2O)CC1C. The van der Waals surface area contributed by atoms with Gasteiger partial charge in [-0.25, -0.2) is 0 Å². The Kier molecular flexibility index (Phi) is 3.58. The smallest absolute Gasteiger partial charge is 0.257 e. The van der Waals surface area contributed by atoms with Crippen LogP contribution in [-0.4, -0.2) is 29.0 Å². The standard InChI is InChI=1S/C18H21NO2/c1-12-9-10-19(11-13(12)2)18(21)16-8-7-14-5-3-4-6-15(14)17(16)20/h3-8,12-13,20H,9-11H2,1-2H3. The summed E-state index contributed by atoms with van der Waals surface area (Å²) in [6.45, 7) is 5.97. The van der Waals surface area contributed by atoms with E-state index in [9.17, 15) is 9.90 Å². The van der Waals surface area contributed by atoms with Gasteiger partial charge in [0.05, 0.1) is 5.56 Å². The highest BCUT2D eigenvalue weighted by atomic mass is 16.3. The lowest BCUT2D eigenvalue weighted by atomic mass is 9.88. The van der Waals surface area contributed by atoms with Crippen molar-refractivity contribution in [1.82, 2.24) is 4.90 Å². The number of benzene rings is 2. The number of phenols is 1. The molecule has 1 saturated heterocycles. The topological polar surface area (TPSA) is 40.5 Å². The van der Waals surface area contributed by atoms with E-state index in [0.717, 1.165) is 30.3 Å². The molecule has 110 valence electrons. The highest BCUT2D eigenvalue weighted by molar-refractivity contribution is 6.03. The van der Waals surface area contributed by atoms with Crippen LogP contribution in [0.2, 0.25) is 0 Å². The van der Waals surface area contributed by atoms with E-state index in [4.69, 9.17) is 0 Å². The van der Waals surface area contributed by atoms with Gasteiger partial charge in [0, 0.05) is 18.5 Å². The second-order valence-corrected chi connectivity index (χ2v) is 6.18. The number of carbonyl (C=O) groups excluding carboxylic acids is 1. The maximum absolute atomic E-state index is 12.7. The van der Waals surface area contributed by atoms with Gasteiger partial charge in [-0.1, -0.05) is 44.2 Å². The monoisotopic (exact) mass is 283 g/mol. The number of aromatic hydroxyl groups is 1. The molecule has 1 heterocycles. The van der Waals surface area contributed by atoms with Crippen molar-refractivity contribution in [2.45, 2.75) is 20.3 Å². The molecule has 1 aliphatic rings. The van der Waals surface area contributed by atoms with Crippen molar-refractivity contribution >= 4 is 16.7 Å². The molecule has 1 aliphatic heterocycles. The van der Waals surface area contributed by atoms with Crippen LogP contribution in [0.15, 0.2) is 36.4 Å². The lowest BCUT2D eigenvalue weighted by Gasteiger charge is -2.35. The molecule has 1 amide bonds. The molecule has 1 fully saturated rings. The number of piperidine rings is 1. The Labute approximate surface area is 125 Å². The molecule has 2 unspecified atom stereocenters. The number of amides is 1. The van der Waals surface area contributed by atoms with Crippen LogP contribution in [0, 0.1) is 11.8 Å². The van der Waals surface area contributed by atoms with Crippen LogP contribution in [0.3, 0.4) is 0 Å². The second-order valence-electron chi connectivity index (χ2n) is 6.18. The Morgan fingerprint density at radius 2 is 1.90 bits per heavy atom. The summed E-state index contributed by atoms with van der Waals surface area (Å²) in [5, 5.41) is 12.1. The van der Waals surface area contributed by atoms with Crippen molar-refractivity contribution < 1.29 is 9.90 Å². The summed E-state index contributed by atoms with van der Waals surface area (Å²) in [6, 6.07) is 11.2. The van der Waals surface area contributed by atoms with E-state index in [1.165, 1.54) is 0 Å². The Balaban J connectivity index is 1.93. The van der Waals surface area contributed by atoms with Gasteiger partial charge >= 0.3 is 0 Å². The predicted molar refractivity (Wildman–Crippen MR) is 84.5 cm³/mol. The third-order valence-electron chi connectivity index (χ3n) is 4.75. The number of hydrogen-bond acceptors (Lipinski definition) is 2. The van der Waals surface area contributed by atoms with Gasteiger partial charge in [0.1, 0.15) is 5.75 Å². The fourth-order valence-corrected chi connectivity index (χ4v) is 3.05. The number of hydrogen-bond donors (Lipinski definition) is 1. The van der Waals surface area contributed by atoms with Crippen LogP contribution >= 0.6 is 0 Å². The van der Waals surface area contributed by atoms with E-state index in [2.05, 4.69) is 13.8 Å². The van der Waals surface area contributed by atoms with Crippen molar-refractivity contribution in [3.8, 4) is 5.75 Å². The first-order valence-corrected chi connectivity index (χ1v) is 7.58. The molecule has 3 heteroatoms. The zero-order valence-corrected chi connectivity index (χ0v) is 12.5. The van der Waals surface area contributed by atoms with Crippen LogP contribution < -0.4 is 0 Å². The Morgan fingerprint density at radius 1 is 1.14 bits per heavy atom. The number of nitrogens with zero attached hydrogens (tertiary/aromatic N) is 1. The highest BCUT2D eigenvalue weighted by Gasteiger charge is 2.28. The average molecular weight is 283 g/mol. The van der Waals surface area contributed by atoms with E-state index < -0.39 is 0 Å². The van der Waals surface area contributed by atoms with Gasteiger partial charge < -0.3 is 10.0 Å². The zero-order valence-electron chi connectivity index (χ0n) is 12.5. The van der Waals surface area contributed by atoms with Crippen molar-refractivity contribution in [3.05, 3.63) is 42.0 Å². The van der Waals surface area contributed by atoms with Gasteiger partial charge in [-0.05, 0) is 29.7 Å². The average Bonchev–Trinajstić information content (AvgIpc) is 2.50. The maximum Gasteiger partial charge on any atom is 0.257 e. The summed E-state index contributed by atoms with van der Waals surface area (Å²) in [5.41, 5.74) is 0.412. The van der Waals surface area contributed by atoms with Crippen LogP contribution in [0.4, 0.5) is 0 Å². The Morgan fingerprint density at radius 3 is 2.67 bits per heavy atom. The molecule has 1 N–H and O–H groups in total. The number of carbonyl (C=O) groups is 1. The van der Waals surface area contributed by atoms with E-state index in [-0.39, 0.29) is 11.7 Å². The first-order chi connectivity index (χ1) is 10.1. The minimum absolute atomic E-state index is 0.0583. The summed E-state index contributed by atoms with van der Waals surface area (Å²) in [6.07, 6.45) is 1.03. The molecule has 0 saturated carbocycles. The van der Waals surface area contributed by atoms with Crippen molar-refractivity contribution in [1.29, 1.82) is 0 Å². The Bertz CT molecular complexity index is 680. The van der Waals surface area contributed by atoms with E-state index in [1.54, 1.807) is 6.07 Å². The fourth-order valence-electron chi connectivity index (χ4n) is 3.05. The number of phenolic OH excluding ortho intramolecular Hbond substituents is 1. The van der Waals surface area contributed by atoms with Gasteiger partial charge in [-0.15, -0.1) is 0 Å². The second kappa shape index (κ2) is 5.40. The quantitative estimate of drug-likeness (QED) is 0.867.